The third kappa shape index (κ3) is 3.62. The molecular weight excluding hydrogens is 296 g/mol. The van der Waals surface area contributed by atoms with Gasteiger partial charge in [0, 0.05) is 18.5 Å². The summed E-state index contributed by atoms with van der Waals surface area (Å²) in [6, 6.07) is 12.8. The number of aromatic amines is 1. The number of benzene rings is 1. The molecule has 0 radical (unpaired) electrons. The molecule has 116 valence electrons. The molecule has 3 N–H and O–H groups in total. The van der Waals surface area contributed by atoms with Crippen LogP contribution in [0.25, 0.3) is 5.69 Å². The number of amides is 2. The molecule has 0 spiro atoms. The van der Waals surface area contributed by atoms with E-state index in [9.17, 15) is 9.59 Å². The van der Waals surface area contributed by atoms with Crippen molar-refractivity contribution in [1.82, 2.24) is 25.3 Å². The molecule has 0 atom stereocenters. The summed E-state index contributed by atoms with van der Waals surface area (Å²) in [6.45, 7) is 0.199. The number of hydrogen-bond acceptors (Lipinski definition) is 4. The summed E-state index contributed by atoms with van der Waals surface area (Å²) < 4.78 is 1.61. The fraction of sp³-hybridized carbons (Fsp3) is 0.0667. The largest absolute Gasteiger partial charge is 0.342 e. The van der Waals surface area contributed by atoms with E-state index in [4.69, 9.17) is 0 Å². The maximum absolute atomic E-state index is 11.8. The molecule has 0 unspecified atom stereocenters. The van der Waals surface area contributed by atoms with Gasteiger partial charge >= 0.3 is 11.8 Å². The van der Waals surface area contributed by atoms with Crippen LogP contribution in [0, 0.1) is 0 Å². The summed E-state index contributed by atoms with van der Waals surface area (Å²) in [5, 5.41) is 15.6. The SMILES string of the molecule is O=C(NCc1ccn[nH]1)C(=O)Nc1ccn(-c2ccccc2)n1. The van der Waals surface area contributed by atoms with E-state index in [0.717, 1.165) is 5.69 Å². The highest BCUT2D eigenvalue weighted by atomic mass is 16.2. The Hall–Kier alpha value is -3.42. The van der Waals surface area contributed by atoms with Crippen molar-refractivity contribution in [3.63, 3.8) is 0 Å². The molecule has 1 aromatic carbocycles. The van der Waals surface area contributed by atoms with Gasteiger partial charge in [-0.1, -0.05) is 18.2 Å². The van der Waals surface area contributed by atoms with Gasteiger partial charge in [0.2, 0.25) is 0 Å². The van der Waals surface area contributed by atoms with E-state index in [1.54, 1.807) is 29.2 Å². The first kappa shape index (κ1) is 14.5. The highest BCUT2D eigenvalue weighted by Gasteiger charge is 2.15. The minimum absolute atomic E-state index is 0.199. The predicted molar refractivity (Wildman–Crippen MR) is 82.6 cm³/mol. The fourth-order valence-electron chi connectivity index (χ4n) is 1.93. The number of rotatable bonds is 4. The van der Waals surface area contributed by atoms with Crippen molar-refractivity contribution in [2.75, 3.05) is 5.32 Å². The van der Waals surface area contributed by atoms with E-state index in [0.29, 0.717) is 11.5 Å². The van der Waals surface area contributed by atoms with Crippen molar-refractivity contribution in [3.8, 4) is 5.69 Å². The highest BCUT2D eigenvalue weighted by Crippen LogP contribution is 2.09. The summed E-state index contributed by atoms with van der Waals surface area (Å²) in [6.07, 6.45) is 3.27. The van der Waals surface area contributed by atoms with Crippen molar-refractivity contribution in [2.45, 2.75) is 6.54 Å². The first-order chi connectivity index (χ1) is 11.2. The molecule has 0 bridgehead atoms. The second-order valence-corrected chi connectivity index (χ2v) is 4.70. The van der Waals surface area contributed by atoms with Crippen LogP contribution in [-0.4, -0.2) is 31.8 Å². The molecule has 3 aromatic rings. The van der Waals surface area contributed by atoms with Crippen LogP contribution in [0.15, 0.2) is 54.9 Å². The Morgan fingerprint density at radius 2 is 1.91 bits per heavy atom. The van der Waals surface area contributed by atoms with Crippen LogP contribution in [0.5, 0.6) is 0 Å². The molecule has 0 aliphatic heterocycles. The average molecular weight is 310 g/mol. The zero-order valence-corrected chi connectivity index (χ0v) is 12.1. The molecule has 0 saturated heterocycles. The first-order valence-electron chi connectivity index (χ1n) is 6.91. The molecule has 0 aliphatic rings. The van der Waals surface area contributed by atoms with Crippen molar-refractivity contribution >= 4 is 17.6 Å². The van der Waals surface area contributed by atoms with E-state index >= 15 is 0 Å². The van der Waals surface area contributed by atoms with Gasteiger partial charge in [0.15, 0.2) is 5.82 Å². The van der Waals surface area contributed by atoms with Crippen LogP contribution in [-0.2, 0) is 16.1 Å². The fourth-order valence-corrected chi connectivity index (χ4v) is 1.93. The Labute approximate surface area is 131 Å². The van der Waals surface area contributed by atoms with Gasteiger partial charge in [-0.3, -0.25) is 14.7 Å². The normalized spacial score (nSPS) is 10.3. The van der Waals surface area contributed by atoms with E-state index in [2.05, 4.69) is 25.9 Å². The molecule has 3 rings (SSSR count). The highest BCUT2D eigenvalue weighted by molar-refractivity contribution is 6.39. The number of nitrogens with zero attached hydrogens (tertiary/aromatic N) is 3. The summed E-state index contributed by atoms with van der Waals surface area (Å²) >= 11 is 0. The summed E-state index contributed by atoms with van der Waals surface area (Å²) in [5.41, 5.74) is 1.57. The van der Waals surface area contributed by atoms with Crippen LogP contribution < -0.4 is 10.6 Å². The Kier molecular flexibility index (Phi) is 4.14. The van der Waals surface area contributed by atoms with Crippen LogP contribution in [0.4, 0.5) is 5.82 Å². The number of carbonyl (C=O) groups excluding carboxylic acids is 2. The van der Waals surface area contributed by atoms with Crippen LogP contribution in [0.3, 0.4) is 0 Å². The first-order valence-corrected chi connectivity index (χ1v) is 6.91. The van der Waals surface area contributed by atoms with Crippen molar-refractivity contribution in [2.24, 2.45) is 0 Å². The maximum Gasteiger partial charge on any atom is 0.314 e. The number of para-hydroxylation sites is 1. The second kappa shape index (κ2) is 6.56. The van der Waals surface area contributed by atoms with E-state index in [1.165, 1.54) is 0 Å². The monoisotopic (exact) mass is 310 g/mol. The maximum atomic E-state index is 11.8. The lowest BCUT2D eigenvalue weighted by Gasteiger charge is -2.03. The molecule has 8 heteroatoms. The molecular formula is C15H14N6O2. The molecule has 0 saturated carbocycles. The molecule has 2 amide bonds. The van der Waals surface area contributed by atoms with Crippen molar-refractivity contribution < 1.29 is 9.59 Å². The van der Waals surface area contributed by atoms with Gasteiger partial charge in [0.05, 0.1) is 17.9 Å². The lowest BCUT2D eigenvalue weighted by Crippen LogP contribution is -2.35. The van der Waals surface area contributed by atoms with Gasteiger partial charge in [-0.25, -0.2) is 4.68 Å². The third-order valence-corrected chi connectivity index (χ3v) is 3.06. The van der Waals surface area contributed by atoms with Crippen LogP contribution in [0.2, 0.25) is 0 Å². The van der Waals surface area contributed by atoms with E-state index in [1.807, 2.05) is 30.3 Å². The van der Waals surface area contributed by atoms with Gasteiger partial charge in [-0.2, -0.15) is 10.2 Å². The van der Waals surface area contributed by atoms with E-state index in [-0.39, 0.29) is 6.54 Å². The van der Waals surface area contributed by atoms with Gasteiger partial charge in [-0.05, 0) is 18.2 Å². The minimum Gasteiger partial charge on any atom is -0.342 e. The number of nitrogens with one attached hydrogen (secondary N) is 3. The molecule has 0 fully saturated rings. The lowest BCUT2D eigenvalue weighted by atomic mass is 10.3. The average Bonchev–Trinajstić information content (AvgIpc) is 3.25. The number of H-pyrrole nitrogens is 1. The lowest BCUT2D eigenvalue weighted by molar-refractivity contribution is -0.136. The number of aromatic nitrogens is 4. The summed E-state index contributed by atoms with van der Waals surface area (Å²) in [7, 11) is 0. The van der Waals surface area contributed by atoms with Gasteiger partial charge in [0.1, 0.15) is 0 Å². The zero-order valence-electron chi connectivity index (χ0n) is 12.1. The van der Waals surface area contributed by atoms with Gasteiger partial charge < -0.3 is 10.6 Å². The Balaban J connectivity index is 1.57. The van der Waals surface area contributed by atoms with Crippen LogP contribution >= 0.6 is 0 Å². The quantitative estimate of drug-likeness (QED) is 0.621. The van der Waals surface area contributed by atoms with Crippen molar-refractivity contribution in [1.29, 1.82) is 0 Å². The van der Waals surface area contributed by atoms with Crippen LogP contribution in [0.1, 0.15) is 5.69 Å². The Morgan fingerprint density at radius 3 is 2.65 bits per heavy atom. The van der Waals surface area contributed by atoms with Gasteiger partial charge in [0.25, 0.3) is 0 Å². The number of anilines is 1. The Morgan fingerprint density at radius 1 is 1.09 bits per heavy atom. The molecule has 2 heterocycles. The summed E-state index contributed by atoms with van der Waals surface area (Å²) in [5.74, 6) is -1.22. The minimum atomic E-state index is -0.775. The number of hydrogen-bond donors (Lipinski definition) is 3. The molecule has 0 aliphatic carbocycles. The smallest absolute Gasteiger partial charge is 0.314 e. The summed E-state index contributed by atoms with van der Waals surface area (Å²) in [4.78, 5) is 23.5. The Bertz CT molecular complexity index is 795. The van der Waals surface area contributed by atoms with Crippen molar-refractivity contribution in [3.05, 3.63) is 60.6 Å². The standard InChI is InChI=1S/C15H14N6O2/c22-14(16-10-11-6-8-17-19-11)15(23)18-13-7-9-21(20-13)12-4-2-1-3-5-12/h1-9H,10H2,(H,16,22)(H,17,19)(H,18,20,23). The topological polar surface area (TPSA) is 105 Å². The molecule has 8 nitrogen and oxygen atoms in total. The second-order valence-electron chi connectivity index (χ2n) is 4.70. The third-order valence-electron chi connectivity index (χ3n) is 3.06. The number of carbonyl (C=O) groups is 2. The molecule has 23 heavy (non-hydrogen) atoms. The molecule has 2 aromatic heterocycles. The zero-order chi connectivity index (χ0) is 16.1. The van der Waals surface area contributed by atoms with Gasteiger partial charge in [-0.15, -0.1) is 0 Å². The van der Waals surface area contributed by atoms with E-state index < -0.39 is 11.8 Å². The predicted octanol–water partition coefficient (Wildman–Crippen LogP) is 0.850.